The highest BCUT2D eigenvalue weighted by atomic mass is 79.9. The smallest absolute Gasteiger partial charge is 0.125 e. The molecule has 0 heterocycles. The number of rotatable bonds is 3. The first-order valence-electron chi connectivity index (χ1n) is 6.59. The number of halogens is 3. The fourth-order valence-electron chi connectivity index (χ4n) is 2.62. The zero-order valence-electron chi connectivity index (χ0n) is 10.7. The van der Waals surface area contributed by atoms with E-state index < -0.39 is 0 Å². The summed E-state index contributed by atoms with van der Waals surface area (Å²) in [5.41, 5.74) is 2.20. The highest BCUT2D eigenvalue weighted by molar-refractivity contribution is 9.10. The Hall–Kier alpha value is -0.870. The van der Waals surface area contributed by atoms with Crippen molar-refractivity contribution >= 4 is 37.5 Å². The van der Waals surface area contributed by atoms with Crippen LogP contribution < -0.4 is 5.32 Å². The second-order valence-electron chi connectivity index (χ2n) is 5.16. The first-order valence-corrected chi connectivity index (χ1v) is 8.18. The summed E-state index contributed by atoms with van der Waals surface area (Å²) < 4.78 is 15.3. The second kappa shape index (κ2) is 5.86. The second-order valence-corrected chi connectivity index (χ2v) is 6.86. The average Bonchev–Trinajstić information content (AvgIpc) is 2.38. The fourth-order valence-corrected chi connectivity index (χ4v) is 3.59. The van der Waals surface area contributed by atoms with Gasteiger partial charge in [0.1, 0.15) is 5.82 Å². The molecule has 0 saturated heterocycles. The Morgan fingerprint density at radius 2 is 1.75 bits per heavy atom. The van der Waals surface area contributed by atoms with Crippen LogP contribution >= 0.6 is 31.9 Å². The van der Waals surface area contributed by atoms with Crippen LogP contribution in [0.5, 0.6) is 0 Å². The van der Waals surface area contributed by atoms with Crippen LogP contribution in [0.2, 0.25) is 0 Å². The zero-order chi connectivity index (χ0) is 14.1. The van der Waals surface area contributed by atoms with E-state index >= 15 is 0 Å². The third kappa shape index (κ3) is 2.91. The Morgan fingerprint density at radius 1 is 1.00 bits per heavy atom. The number of benzene rings is 2. The van der Waals surface area contributed by atoms with E-state index in [1.165, 1.54) is 22.2 Å². The molecule has 1 aliphatic rings. The van der Waals surface area contributed by atoms with Crippen molar-refractivity contribution in [2.24, 2.45) is 0 Å². The molecule has 1 saturated carbocycles. The van der Waals surface area contributed by atoms with E-state index in [1.54, 1.807) is 6.07 Å². The molecule has 0 aliphatic heterocycles. The molecular formula is C16H14Br2FN. The van der Waals surface area contributed by atoms with Crippen molar-refractivity contribution in [3.05, 3.63) is 62.8 Å². The van der Waals surface area contributed by atoms with Crippen LogP contribution in [0, 0.1) is 5.82 Å². The summed E-state index contributed by atoms with van der Waals surface area (Å²) in [6.45, 7) is 0. The maximum atomic E-state index is 13.2. The minimum Gasteiger partial charge on any atom is -0.381 e. The zero-order valence-corrected chi connectivity index (χ0v) is 13.9. The lowest BCUT2D eigenvalue weighted by molar-refractivity contribution is 0.373. The molecule has 0 aromatic heterocycles. The Morgan fingerprint density at radius 3 is 2.50 bits per heavy atom. The molecule has 2 aromatic rings. The summed E-state index contributed by atoms with van der Waals surface area (Å²) >= 11 is 7.05. The summed E-state index contributed by atoms with van der Waals surface area (Å²) in [5.74, 6) is 0.368. The van der Waals surface area contributed by atoms with Gasteiger partial charge in [-0.05, 0) is 64.5 Å². The van der Waals surface area contributed by atoms with Crippen molar-refractivity contribution in [3.63, 3.8) is 0 Å². The summed E-state index contributed by atoms with van der Waals surface area (Å²) in [6.07, 6.45) is 2.15. The average molecular weight is 399 g/mol. The van der Waals surface area contributed by atoms with Crippen molar-refractivity contribution in [3.8, 4) is 0 Å². The highest BCUT2D eigenvalue weighted by Gasteiger charge is 2.31. The molecule has 0 unspecified atom stereocenters. The van der Waals surface area contributed by atoms with Gasteiger partial charge in [-0.15, -0.1) is 0 Å². The van der Waals surface area contributed by atoms with Gasteiger partial charge in [0.2, 0.25) is 0 Å². The van der Waals surface area contributed by atoms with E-state index in [0.717, 1.165) is 23.0 Å². The van der Waals surface area contributed by atoms with Gasteiger partial charge in [0.05, 0.1) is 5.69 Å². The third-order valence-corrected chi connectivity index (χ3v) is 5.18. The molecular weight excluding hydrogens is 385 g/mol. The van der Waals surface area contributed by atoms with Gasteiger partial charge in [0.25, 0.3) is 0 Å². The molecule has 20 heavy (non-hydrogen) atoms. The summed E-state index contributed by atoms with van der Waals surface area (Å²) in [5, 5.41) is 3.40. The fraction of sp³-hybridized carbons (Fsp3) is 0.250. The molecule has 2 aromatic carbocycles. The Balaban J connectivity index is 1.64. The monoisotopic (exact) mass is 397 g/mol. The van der Waals surface area contributed by atoms with Gasteiger partial charge in [-0.25, -0.2) is 4.39 Å². The summed E-state index contributed by atoms with van der Waals surface area (Å²) in [7, 11) is 0. The van der Waals surface area contributed by atoms with Gasteiger partial charge in [-0.2, -0.15) is 0 Å². The van der Waals surface area contributed by atoms with E-state index in [2.05, 4.69) is 55.4 Å². The van der Waals surface area contributed by atoms with Gasteiger partial charge in [-0.3, -0.25) is 0 Å². The van der Waals surface area contributed by atoms with E-state index in [9.17, 15) is 4.39 Å². The quantitative estimate of drug-likeness (QED) is 0.698. The molecule has 104 valence electrons. The van der Waals surface area contributed by atoms with Gasteiger partial charge < -0.3 is 5.32 Å². The SMILES string of the molecule is Fc1ccc(Br)c(NC2CC(c3ccccc3Br)C2)c1. The number of hydrogen-bond acceptors (Lipinski definition) is 1. The number of nitrogens with one attached hydrogen (secondary N) is 1. The first kappa shape index (κ1) is 14.1. The predicted octanol–water partition coefficient (Wildman–Crippen LogP) is 5.71. The van der Waals surface area contributed by atoms with Crippen LogP contribution in [-0.4, -0.2) is 6.04 Å². The Kier molecular flexibility index (Phi) is 4.13. The first-order chi connectivity index (χ1) is 9.63. The van der Waals surface area contributed by atoms with Gasteiger partial charge in [0.15, 0.2) is 0 Å². The molecule has 0 atom stereocenters. The number of hydrogen-bond donors (Lipinski definition) is 1. The Bertz CT molecular complexity index is 624. The van der Waals surface area contributed by atoms with Crippen molar-refractivity contribution < 1.29 is 4.39 Å². The van der Waals surface area contributed by atoms with Gasteiger partial charge in [0, 0.05) is 15.0 Å². The van der Waals surface area contributed by atoms with Crippen molar-refractivity contribution in [2.45, 2.75) is 24.8 Å². The maximum absolute atomic E-state index is 13.2. The van der Waals surface area contributed by atoms with Crippen molar-refractivity contribution in [1.82, 2.24) is 0 Å². The largest absolute Gasteiger partial charge is 0.381 e. The summed E-state index contributed by atoms with van der Waals surface area (Å²) in [4.78, 5) is 0. The molecule has 0 radical (unpaired) electrons. The van der Waals surface area contributed by atoms with Gasteiger partial charge in [-0.1, -0.05) is 34.1 Å². The van der Waals surface area contributed by atoms with E-state index in [4.69, 9.17) is 0 Å². The minimum atomic E-state index is -0.211. The lowest BCUT2D eigenvalue weighted by Gasteiger charge is -2.37. The molecule has 0 amide bonds. The topological polar surface area (TPSA) is 12.0 Å². The lowest BCUT2D eigenvalue weighted by Crippen LogP contribution is -2.34. The van der Waals surface area contributed by atoms with Crippen LogP contribution in [0.4, 0.5) is 10.1 Å². The van der Waals surface area contributed by atoms with E-state index in [-0.39, 0.29) is 5.82 Å². The van der Waals surface area contributed by atoms with Crippen LogP contribution in [0.15, 0.2) is 51.4 Å². The van der Waals surface area contributed by atoms with Crippen LogP contribution in [0.3, 0.4) is 0 Å². The van der Waals surface area contributed by atoms with Crippen molar-refractivity contribution in [2.75, 3.05) is 5.32 Å². The molecule has 1 fully saturated rings. The predicted molar refractivity (Wildman–Crippen MR) is 87.6 cm³/mol. The van der Waals surface area contributed by atoms with Crippen LogP contribution in [0.25, 0.3) is 0 Å². The standard InChI is InChI=1S/C16H14Br2FN/c17-14-4-2-1-3-13(14)10-7-12(8-10)20-16-9-11(19)5-6-15(16)18/h1-6,9-10,12,20H,7-8H2. The third-order valence-electron chi connectivity index (χ3n) is 3.77. The minimum absolute atomic E-state index is 0.211. The van der Waals surface area contributed by atoms with Crippen molar-refractivity contribution in [1.29, 1.82) is 0 Å². The van der Waals surface area contributed by atoms with Crippen LogP contribution in [0.1, 0.15) is 24.3 Å². The normalized spacial score (nSPS) is 21.4. The molecule has 0 bridgehead atoms. The van der Waals surface area contributed by atoms with E-state index in [1.807, 2.05) is 6.07 Å². The van der Waals surface area contributed by atoms with Gasteiger partial charge >= 0.3 is 0 Å². The molecule has 1 nitrogen and oxygen atoms in total. The maximum Gasteiger partial charge on any atom is 0.125 e. The molecule has 3 rings (SSSR count). The highest BCUT2D eigenvalue weighted by Crippen LogP contribution is 2.41. The Labute approximate surface area is 134 Å². The van der Waals surface area contributed by atoms with E-state index in [0.29, 0.717) is 12.0 Å². The molecule has 1 N–H and O–H groups in total. The molecule has 4 heteroatoms. The molecule has 1 aliphatic carbocycles. The number of anilines is 1. The molecule has 0 spiro atoms. The lowest BCUT2D eigenvalue weighted by atomic mass is 9.76. The van der Waals surface area contributed by atoms with Crippen LogP contribution in [-0.2, 0) is 0 Å². The summed E-state index contributed by atoms with van der Waals surface area (Å²) in [6, 6.07) is 13.5.